The molecule has 1 saturated heterocycles. The Bertz CT molecular complexity index is 789. The molecule has 3 rings (SSSR count). The summed E-state index contributed by atoms with van der Waals surface area (Å²) >= 11 is 0. The van der Waals surface area contributed by atoms with Gasteiger partial charge in [0.1, 0.15) is 5.82 Å². The fourth-order valence-corrected chi connectivity index (χ4v) is 3.36. The zero-order valence-electron chi connectivity index (χ0n) is 15.7. The summed E-state index contributed by atoms with van der Waals surface area (Å²) < 4.78 is 0. The van der Waals surface area contributed by atoms with Crippen LogP contribution in [0, 0.1) is 19.8 Å². The predicted molar refractivity (Wildman–Crippen MR) is 105 cm³/mol. The summed E-state index contributed by atoms with van der Waals surface area (Å²) in [5.41, 5.74) is 2.81. The molecular weight excluding hydrogens is 342 g/mol. The van der Waals surface area contributed by atoms with Gasteiger partial charge in [-0.1, -0.05) is 18.2 Å². The lowest BCUT2D eigenvalue weighted by Gasteiger charge is -2.32. The van der Waals surface area contributed by atoms with Crippen LogP contribution in [0.25, 0.3) is 0 Å². The molecule has 2 N–H and O–H groups in total. The van der Waals surface area contributed by atoms with Gasteiger partial charge in [0.25, 0.3) is 0 Å². The molecular formula is C20H25N5O2. The summed E-state index contributed by atoms with van der Waals surface area (Å²) in [5, 5.41) is 5.66. The summed E-state index contributed by atoms with van der Waals surface area (Å²) in [6.45, 7) is 5.31. The van der Waals surface area contributed by atoms with Gasteiger partial charge in [-0.25, -0.2) is 4.98 Å². The fraction of sp³-hybridized carbons (Fsp3) is 0.400. The topological polar surface area (TPSA) is 87.2 Å². The molecule has 1 aliphatic heterocycles. The van der Waals surface area contributed by atoms with E-state index in [4.69, 9.17) is 0 Å². The minimum atomic E-state index is -0.220. The number of para-hydroxylation sites is 1. The summed E-state index contributed by atoms with van der Waals surface area (Å²) in [5.74, 6) is 0.305. The van der Waals surface area contributed by atoms with E-state index in [1.165, 1.54) is 0 Å². The van der Waals surface area contributed by atoms with E-state index in [2.05, 4.69) is 25.5 Å². The van der Waals surface area contributed by atoms with Gasteiger partial charge in [-0.15, -0.1) is 0 Å². The third-order valence-electron chi connectivity index (χ3n) is 4.83. The Morgan fingerprint density at radius 2 is 2.00 bits per heavy atom. The first kappa shape index (κ1) is 18.8. The molecule has 7 nitrogen and oxygen atoms in total. The quantitative estimate of drug-likeness (QED) is 0.845. The summed E-state index contributed by atoms with van der Waals surface area (Å²) in [6, 6.07) is 5.85. The molecule has 27 heavy (non-hydrogen) atoms. The Hall–Kier alpha value is -2.96. The summed E-state index contributed by atoms with van der Waals surface area (Å²) in [4.78, 5) is 35.2. The maximum Gasteiger partial charge on any atom is 0.243 e. The highest BCUT2D eigenvalue weighted by atomic mass is 16.2. The average molecular weight is 367 g/mol. The number of hydrogen-bond donors (Lipinski definition) is 2. The SMILES string of the molecule is Cc1cccc(C)c1NC(=O)CNC(=O)[C@@H]1CCCN(c2cnccn2)C1. The van der Waals surface area contributed by atoms with Gasteiger partial charge >= 0.3 is 0 Å². The van der Waals surface area contributed by atoms with Crippen molar-refractivity contribution >= 4 is 23.3 Å². The molecule has 1 atom stereocenters. The Morgan fingerprint density at radius 3 is 2.70 bits per heavy atom. The van der Waals surface area contributed by atoms with Crippen molar-refractivity contribution in [3.8, 4) is 0 Å². The second-order valence-electron chi connectivity index (χ2n) is 6.88. The first-order valence-electron chi connectivity index (χ1n) is 9.19. The molecule has 0 saturated carbocycles. The lowest BCUT2D eigenvalue weighted by molar-refractivity contribution is -0.127. The first-order valence-corrected chi connectivity index (χ1v) is 9.19. The van der Waals surface area contributed by atoms with Crippen molar-refractivity contribution in [3.05, 3.63) is 47.9 Å². The average Bonchev–Trinajstić information content (AvgIpc) is 2.70. The van der Waals surface area contributed by atoms with Gasteiger partial charge in [-0.3, -0.25) is 14.6 Å². The van der Waals surface area contributed by atoms with Crippen LogP contribution < -0.4 is 15.5 Å². The van der Waals surface area contributed by atoms with Crippen LogP contribution in [0.4, 0.5) is 11.5 Å². The maximum absolute atomic E-state index is 12.5. The molecule has 0 spiro atoms. The molecule has 1 aliphatic rings. The van der Waals surface area contributed by atoms with Crippen molar-refractivity contribution in [1.29, 1.82) is 0 Å². The number of hydrogen-bond acceptors (Lipinski definition) is 5. The van der Waals surface area contributed by atoms with Crippen LogP contribution >= 0.6 is 0 Å². The standard InChI is InChI=1S/C20H25N5O2/c1-14-5-3-6-15(2)19(14)24-18(26)12-23-20(27)16-7-4-10-25(13-16)17-11-21-8-9-22-17/h3,5-6,8-9,11,16H,4,7,10,12-13H2,1-2H3,(H,23,27)(H,24,26)/t16-/m1/s1. The summed E-state index contributed by atoms with van der Waals surface area (Å²) in [6.07, 6.45) is 6.70. The van der Waals surface area contributed by atoms with E-state index in [1.54, 1.807) is 18.6 Å². The zero-order chi connectivity index (χ0) is 19.2. The molecule has 0 bridgehead atoms. The number of rotatable bonds is 5. The van der Waals surface area contributed by atoms with Crippen LogP contribution in [0.3, 0.4) is 0 Å². The number of nitrogens with zero attached hydrogens (tertiary/aromatic N) is 3. The van der Waals surface area contributed by atoms with Gasteiger partial charge in [-0.05, 0) is 37.8 Å². The molecule has 0 unspecified atom stereocenters. The van der Waals surface area contributed by atoms with Gasteiger partial charge in [-0.2, -0.15) is 0 Å². The minimum absolute atomic E-state index is 0.0335. The smallest absolute Gasteiger partial charge is 0.243 e. The number of benzene rings is 1. The van der Waals surface area contributed by atoms with Gasteiger partial charge in [0.05, 0.1) is 18.7 Å². The largest absolute Gasteiger partial charge is 0.355 e. The molecule has 0 radical (unpaired) electrons. The molecule has 142 valence electrons. The van der Waals surface area contributed by atoms with Crippen molar-refractivity contribution in [2.75, 3.05) is 29.9 Å². The highest BCUT2D eigenvalue weighted by Gasteiger charge is 2.26. The van der Waals surface area contributed by atoms with E-state index in [9.17, 15) is 9.59 Å². The third kappa shape index (κ3) is 4.81. The number of amides is 2. The maximum atomic E-state index is 12.5. The van der Waals surface area contributed by atoms with Crippen molar-refractivity contribution < 1.29 is 9.59 Å². The molecule has 7 heteroatoms. The van der Waals surface area contributed by atoms with Crippen LogP contribution in [-0.4, -0.2) is 41.4 Å². The molecule has 2 heterocycles. The summed E-state index contributed by atoms with van der Waals surface area (Å²) in [7, 11) is 0. The number of aryl methyl sites for hydroxylation is 2. The van der Waals surface area contributed by atoms with Crippen LogP contribution in [0.15, 0.2) is 36.8 Å². The molecule has 2 aromatic rings. The Morgan fingerprint density at radius 1 is 1.22 bits per heavy atom. The second-order valence-corrected chi connectivity index (χ2v) is 6.88. The number of piperidine rings is 1. The number of carbonyl (C=O) groups is 2. The number of anilines is 2. The van der Waals surface area contributed by atoms with E-state index in [1.807, 2.05) is 32.0 Å². The van der Waals surface area contributed by atoms with Crippen molar-refractivity contribution in [2.24, 2.45) is 5.92 Å². The fourth-order valence-electron chi connectivity index (χ4n) is 3.36. The molecule has 2 amide bonds. The Labute approximate surface area is 159 Å². The Balaban J connectivity index is 1.52. The van der Waals surface area contributed by atoms with Crippen molar-refractivity contribution in [2.45, 2.75) is 26.7 Å². The van der Waals surface area contributed by atoms with Gasteiger partial charge in [0.2, 0.25) is 11.8 Å². The van der Waals surface area contributed by atoms with E-state index in [0.29, 0.717) is 6.54 Å². The zero-order valence-corrected chi connectivity index (χ0v) is 15.7. The molecule has 1 aromatic heterocycles. The van der Waals surface area contributed by atoms with E-state index in [-0.39, 0.29) is 24.3 Å². The molecule has 0 aliphatic carbocycles. The van der Waals surface area contributed by atoms with Gasteiger partial charge in [0, 0.05) is 31.2 Å². The first-order chi connectivity index (χ1) is 13.0. The minimum Gasteiger partial charge on any atom is -0.355 e. The van der Waals surface area contributed by atoms with Gasteiger partial charge in [0.15, 0.2) is 0 Å². The highest BCUT2D eigenvalue weighted by molar-refractivity contribution is 5.96. The normalized spacial score (nSPS) is 16.7. The lowest BCUT2D eigenvalue weighted by atomic mass is 9.97. The van der Waals surface area contributed by atoms with Crippen LogP contribution in [0.2, 0.25) is 0 Å². The molecule has 1 aromatic carbocycles. The van der Waals surface area contributed by atoms with E-state index >= 15 is 0 Å². The number of nitrogens with one attached hydrogen (secondary N) is 2. The van der Waals surface area contributed by atoms with Crippen molar-refractivity contribution in [1.82, 2.24) is 15.3 Å². The van der Waals surface area contributed by atoms with Crippen LogP contribution in [-0.2, 0) is 9.59 Å². The Kier molecular flexibility index (Phi) is 6.01. The van der Waals surface area contributed by atoms with E-state index in [0.717, 1.165) is 42.0 Å². The third-order valence-corrected chi connectivity index (χ3v) is 4.83. The van der Waals surface area contributed by atoms with Crippen LogP contribution in [0.1, 0.15) is 24.0 Å². The monoisotopic (exact) mass is 367 g/mol. The molecule has 1 fully saturated rings. The van der Waals surface area contributed by atoms with Gasteiger partial charge < -0.3 is 15.5 Å². The van der Waals surface area contributed by atoms with Crippen LogP contribution in [0.5, 0.6) is 0 Å². The number of aromatic nitrogens is 2. The lowest BCUT2D eigenvalue weighted by Crippen LogP contribution is -2.45. The van der Waals surface area contributed by atoms with Crippen molar-refractivity contribution in [3.63, 3.8) is 0 Å². The van der Waals surface area contributed by atoms with E-state index < -0.39 is 0 Å². The highest BCUT2D eigenvalue weighted by Crippen LogP contribution is 2.21. The predicted octanol–water partition coefficient (Wildman–Crippen LogP) is 2.06. The second kappa shape index (κ2) is 8.62. The number of carbonyl (C=O) groups excluding carboxylic acids is 2.